The first-order valence-corrected chi connectivity index (χ1v) is 5.89. The highest BCUT2D eigenvalue weighted by Crippen LogP contribution is 2.21. The molecule has 0 spiro atoms. The van der Waals surface area contributed by atoms with Crippen LogP contribution in [-0.2, 0) is 6.54 Å². The minimum Gasteiger partial charge on any atom is -0.407 e. The number of halogens is 3. The number of hydrogen-bond donors (Lipinski definition) is 2. The Hall–Kier alpha value is -1.31. The van der Waals surface area contributed by atoms with Crippen LogP contribution in [-0.4, -0.2) is 29.0 Å². The maximum absolute atomic E-state index is 11.9. The Morgan fingerprint density at radius 1 is 1.28 bits per heavy atom. The van der Waals surface area contributed by atoms with Gasteiger partial charge in [0.2, 0.25) is 5.89 Å². The van der Waals surface area contributed by atoms with Crippen molar-refractivity contribution in [1.29, 1.82) is 0 Å². The third-order valence-electron chi connectivity index (χ3n) is 2.50. The minimum atomic E-state index is -4.12. The first-order chi connectivity index (χ1) is 8.53. The zero-order chi connectivity index (χ0) is 13.0. The van der Waals surface area contributed by atoms with Gasteiger partial charge in [0.15, 0.2) is 0 Å². The number of nitrogens with one attached hydrogen (secondary N) is 2. The van der Waals surface area contributed by atoms with Gasteiger partial charge in [-0.05, 0) is 19.3 Å². The molecule has 0 radical (unpaired) electrons. The topological polar surface area (TPSA) is 63.0 Å². The molecular weight excluding hydrogens is 249 g/mol. The second-order valence-corrected chi connectivity index (χ2v) is 4.30. The molecule has 102 valence electrons. The predicted octanol–water partition coefficient (Wildman–Crippen LogP) is 2.08. The summed E-state index contributed by atoms with van der Waals surface area (Å²) >= 11 is 0. The van der Waals surface area contributed by atoms with E-state index in [1.807, 2.05) is 0 Å². The Morgan fingerprint density at radius 2 is 2.06 bits per heavy atom. The van der Waals surface area contributed by atoms with Crippen LogP contribution in [0.2, 0.25) is 0 Å². The molecule has 0 unspecified atom stereocenters. The molecule has 1 fully saturated rings. The molecule has 0 amide bonds. The summed E-state index contributed by atoms with van der Waals surface area (Å²) in [6, 6.07) is 0.713. The fourth-order valence-corrected chi connectivity index (χ4v) is 1.40. The van der Waals surface area contributed by atoms with Gasteiger partial charge in [-0.25, -0.2) is 0 Å². The molecule has 5 nitrogen and oxygen atoms in total. The second-order valence-electron chi connectivity index (χ2n) is 4.30. The molecule has 1 aliphatic carbocycles. The van der Waals surface area contributed by atoms with Gasteiger partial charge in [-0.3, -0.25) is 0 Å². The SMILES string of the molecule is FC(F)(F)CCCNc1nnc(CNC2CC2)o1. The van der Waals surface area contributed by atoms with Crippen LogP contribution in [0, 0.1) is 0 Å². The van der Waals surface area contributed by atoms with Crippen LogP contribution in [0.3, 0.4) is 0 Å². The fraction of sp³-hybridized carbons (Fsp3) is 0.800. The monoisotopic (exact) mass is 264 g/mol. The summed E-state index contributed by atoms with van der Waals surface area (Å²) in [7, 11) is 0. The molecule has 0 atom stereocenters. The lowest BCUT2D eigenvalue weighted by atomic mass is 10.3. The number of alkyl halides is 3. The minimum absolute atomic E-state index is 0.0124. The molecule has 2 rings (SSSR count). The quantitative estimate of drug-likeness (QED) is 0.738. The van der Waals surface area contributed by atoms with Crippen molar-refractivity contribution in [2.75, 3.05) is 11.9 Å². The summed E-state index contributed by atoms with van der Waals surface area (Å²) in [5, 5.41) is 13.4. The van der Waals surface area contributed by atoms with Gasteiger partial charge in [0.1, 0.15) is 0 Å². The third-order valence-corrected chi connectivity index (χ3v) is 2.50. The van der Waals surface area contributed by atoms with Crippen molar-refractivity contribution < 1.29 is 17.6 Å². The molecule has 2 N–H and O–H groups in total. The highest BCUT2D eigenvalue weighted by atomic mass is 19.4. The summed E-state index contributed by atoms with van der Waals surface area (Å²) in [5.74, 6) is 0.445. The van der Waals surface area contributed by atoms with E-state index in [-0.39, 0.29) is 19.0 Å². The Morgan fingerprint density at radius 3 is 2.72 bits per heavy atom. The molecule has 8 heteroatoms. The number of hydrogen-bond acceptors (Lipinski definition) is 5. The molecular formula is C10H15F3N4O. The Balaban J connectivity index is 1.63. The summed E-state index contributed by atoms with van der Waals surface area (Å²) in [4.78, 5) is 0. The lowest BCUT2D eigenvalue weighted by Crippen LogP contribution is -2.15. The molecule has 1 heterocycles. The standard InChI is InChI=1S/C10H15F3N4O/c11-10(12,13)4-1-5-14-9-17-16-8(18-9)6-15-7-2-3-7/h7,15H,1-6H2,(H,14,17). The lowest BCUT2D eigenvalue weighted by Gasteiger charge is -2.05. The van der Waals surface area contributed by atoms with Gasteiger partial charge in [-0.15, -0.1) is 5.10 Å². The molecule has 0 saturated heterocycles. The van der Waals surface area contributed by atoms with Gasteiger partial charge in [0.25, 0.3) is 0 Å². The first-order valence-electron chi connectivity index (χ1n) is 5.89. The van der Waals surface area contributed by atoms with E-state index in [4.69, 9.17) is 4.42 Å². The molecule has 0 aromatic carbocycles. The summed E-state index contributed by atoms with van der Waals surface area (Å²) in [6.45, 7) is 0.666. The zero-order valence-corrected chi connectivity index (χ0v) is 9.76. The van der Waals surface area contributed by atoms with Gasteiger partial charge >= 0.3 is 12.2 Å². The molecule has 18 heavy (non-hydrogen) atoms. The average Bonchev–Trinajstić information content (AvgIpc) is 3.00. The van der Waals surface area contributed by atoms with Crippen molar-refractivity contribution in [3.05, 3.63) is 5.89 Å². The van der Waals surface area contributed by atoms with E-state index in [1.165, 1.54) is 0 Å². The molecule has 1 aromatic heterocycles. The van der Waals surface area contributed by atoms with Crippen LogP contribution in [0.1, 0.15) is 31.6 Å². The number of aromatic nitrogens is 2. The largest absolute Gasteiger partial charge is 0.407 e. The smallest absolute Gasteiger partial charge is 0.389 e. The van der Waals surface area contributed by atoms with E-state index in [1.54, 1.807) is 0 Å². The van der Waals surface area contributed by atoms with Crippen molar-refractivity contribution in [2.45, 2.75) is 44.4 Å². The van der Waals surface area contributed by atoms with Gasteiger partial charge in [-0.1, -0.05) is 5.10 Å². The van der Waals surface area contributed by atoms with Gasteiger partial charge < -0.3 is 15.1 Å². The summed E-state index contributed by atoms with van der Waals surface area (Å²) < 4.78 is 40.9. The molecule has 0 aliphatic heterocycles. The van der Waals surface area contributed by atoms with E-state index in [9.17, 15) is 13.2 Å². The molecule has 1 saturated carbocycles. The Kier molecular flexibility index (Phi) is 4.05. The van der Waals surface area contributed by atoms with Crippen LogP contribution < -0.4 is 10.6 Å². The summed E-state index contributed by atoms with van der Waals surface area (Å²) in [5.41, 5.74) is 0. The van der Waals surface area contributed by atoms with Crippen molar-refractivity contribution in [1.82, 2.24) is 15.5 Å². The number of anilines is 1. The summed E-state index contributed by atoms with van der Waals surface area (Å²) in [6.07, 6.45) is -2.62. The van der Waals surface area contributed by atoms with Crippen molar-refractivity contribution >= 4 is 6.01 Å². The van der Waals surface area contributed by atoms with E-state index < -0.39 is 12.6 Å². The third kappa shape index (κ3) is 4.91. The maximum Gasteiger partial charge on any atom is 0.389 e. The van der Waals surface area contributed by atoms with Crippen LogP contribution in [0.4, 0.5) is 19.2 Å². The highest BCUT2D eigenvalue weighted by molar-refractivity contribution is 5.16. The van der Waals surface area contributed by atoms with Crippen LogP contribution >= 0.6 is 0 Å². The number of nitrogens with zero attached hydrogens (tertiary/aromatic N) is 2. The van der Waals surface area contributed by atoms with E-state index >= 15 is 0 Å². The molecule has 1 aromatic rings. The normalized spacial score (nSPS) is 15.9. The van der Waals surface area contributed by atoms with Gasteiger partial charge in [0, 0.05) is 19.0 Å². The Labute approximate surface area is 102 Å². The van der Waals surface area contributed by atoms with Crippen LogP contribution in [0.15, 0.2) is 4.42 Å². The first kappa shape index (κ1) is 13.1. The van der Waals surface area contributed by atoms with E-state index in [2.05, 4.69) is 20.8 Å². The Bertz CT molecular complexity index is 375. The predicted molar refractivity (Wildman–Crippen MR) is 57.9 cm³/mol. The molecule has 1 aliphatic rings. The van der Waals surface area contributed by atoms with Gasteiger partial charge in [0.05, 0.1) is 6.54 Å². The number of rotatable bonds is 7. The van der Waals surface area contributed by atoms with Crippen molar-refractivity contribution in [3.63, 3.8) is 0 Å². The van der Waals surface area contributed by atoms with Crippen molar-refractivity contribution in [2.24, 2.45) is 0 Å². The van der Waals surface area contributed by atoms with Gasteiger partial charge in [-0.2, -0.15) is 13.2 Å². The van der Waals surface area contributed by atoms with Crippen LogP contribution in [0.5, 0.6) is 0 Å². The average molecular weight is 264 g/mol. The second kappa shape index (κ2) is 5.55. The van der Waals surface area contributed by atoms with E-state index in [0.29, 0.717) is 18.5 Å². The molecule has 0 bridgehead atoms. The lowest BCUT2D eigenvalue weighted by molar-refractivity contribution is -0.134. The van der Waals surface area contributed by atoms with Crippen molar-refractivity contribution in [3.8, 4) is 0 Å². The maximum atomic E-state index is 11.9. The highest BCUT2D eigenvalue weighted by Gasteiger charge is 2.26. The van der Waals surface area contributed by atoms with E-state index in [0.717, 1.165) is 12.8 Å². The fourth-order valence-electron chi connectivity index (χ4n) is 1.40. The van der Waals surface area contributed by atoms with Crippen LogP contribution in [0.25, 0.3) is 0 Å². The zero-order valence-electron chi connectivity index (χ0n) is 9.76.